The van der Waals surface area contributed by atoms with Crippen LogP contribution in [0.3, 0.4) is 0 Å². The zero-order chi connectivity index (χ0) is 7.94. The second-order valence-electron chi connectivity index (χ2n) is 2.77. The molecule has 0 aromatic rings. The number of hydrogen-bond acceptors (Lipinski definition) is 3. The lowest BCUT2D eigenvalue weighted by Crippen LogP contribution is -2.02. The third-order valence-corrected chi connectivity index (χ3v) is 4.88. The fraction of sp³-hybridized carbons (Fsp3) is 0.667. The highest BCUT2D eigenvalue weighted by Crippen LogP contribution is 2.54. The van der Waals surface area contributed by atoms with E-state index in [1.165, 1.54) is 6.66 Å². The van der Waals surface area contributed by atoms with Gasteiger partial charge in [-0.3, -0.25) is 9.59 Å². The molecule has 3 nitrogen and oxygen atoms in total. The Balaban J connectivity index is 3.08. The molecule has 0 amide bonds. The monoisotopic (exact) mass is 160 g/mol. The van der Waals surface area contributed by atoms with Crippen molar-refractivity contribution in [3.8, 4) is 0 Å². The zero-order valence-electron chi connectivity index (χ0n) is 5.96. The first-order valence-corrected chi connectivity index (χ1v) is 5.33. The van der Waals surface area contributed by atoms with Gasteiger partial charge >= 0.3 is 0 Å². The fourth-order valence-electron chi connectivity index (χ4n) is 0.978. The van der Waals surface area contributed by atoms with Crippen LogP contribution in [0.4, 0.5) is 0 Å². The van der Waals surface area contributed by atoms with E-state index in [1.807, 2.05) is 0 Å². The van der Waals surface area contributed by atoms with Crippen LogP contribution >= 0.6 is 7.14 Å². The topological polar surface area (TPSA) is 51.2 Å². The van der Waals surface area contributed by atoms with E-state index in [0.717, 1.165) is 0 Å². The minimum Gasteiger partial charge on any atom is -0.315 e. The predicted molar refractivity (Wildman–Crippen MR) is 37.6 cm³/mol. The molecule has 1 saturated heterocycles. The van der Waals surface area contributed by atoms with Crippen molar-refractivity contribution in [3.05, 3.63) is 0 Å². The molecule has 1 aliphatic rings. The third-order valence-electron chi connectivity index (χ3n) is 1.96. The molecule has 10 heavy (non-hydrogen) atoms. The lowest BCUT2D eigenvalue weighted by atomic mass is 10.2. The number of hydrogen-bond donors (Lipinski definition) is 0. The van der Waals surface area contributed by atoms with Crippen molar-refractivity contribution in [3.63, 3.8) is 0 Å². The SMILES string of the molecule is CC1CC(=O)C(=O)P1(C)=O. The van der Waals surface area contributed by atoms with Crippen molar-refractivity contribution in [1.82, 2.24) is 0 Å². The Kier molecular flexibility index (Phi) is 1.55. The minimum atomic E-state index is -2.77. The van der Waals surface area contributed by atoms with Crippen LogP contribution in [0.15, 0.2) is 0 Å². The Labute approximate surface area is 59.2 Å². The van der Waals surface area contributed by atoms with E-state index in [4.69, 9.17) is 0 Å². The Morgan fingerprint density at radius 2 is 2.00 bits per heavy atom. The Morgan fingerprint density at radius 1 is 1.50 bits per heavy atom. The molecule has 0 aromatic heterocycles. The minimum absolute atomic E-state index is 0.173. The quantitative estimate of drug-likeness (QED) is 0.390. The molecule has 0 saturated carbocycles. The van der Waals surface area contributed by atoms with Gasteiger partial charge in [-0.15, -0.1) is 0 Å². The average Bonchev–Trinajstić information content (AvgIpc) is 1.97. The molecule has 0 radical (unpaired) electrons. The first kappa shape index (κ1) is 7.67. The van der Waals surface area contributed by atoms with Gasteiger partial charge in [0.2, 0.25) is 5.78 Å². The van der Waals surface area contributed by atoms with Gasteiger partial charge in [-0.25, -0.2) is 0 Å². The first-order chi connectivity index (χ1) is 4.46. The molecule has 0 N–H and O–H groups in total. The van der Waals surface area contributed by atoms with Gasteiger partial charge in [-0.1, -0.05) is 6.92 Å². The molecule has 2 unspecified atom stereocenters. The van der Waals surface area contributed by atoms with E-state index in [1.54, 1.807) is 6.92 Å². The highest BCUT2D eigenvalue weighted by Gasteiger charge is 2.44. The molecule has 2 atom stereocenters. The van der Waals surface area contributed by atoms with Gasteiger partial charge in [0.05, 0.1) is 0 Å². The number of Topliss-reactive ketones (excluding diaryl/α,β-unsaturated/α-hetero) is 1. The van der Waals surface area contributed by atoms with Crippen molar-refractivity contribution in [1.29, 1.82) is 0 Å². The molecule has 4 heteroatoms. The van der Waals surface area contributed by atoms with Crippen LogP contribution < -0.4 is 0 Å². The molecule has 0 aliphatic carbocycles. The van der Waals surface area contributed by atoms with Gasteiger partial charge in [-0.05, 0) is 6.66 Å². The van der Waals surface area contributed by atoms with Crippen LogP contribution in [-0.4, -0.2) is 23.6 Å². The van der Waals surface area contributed by atoms with E-state index in [9.17, 15) is 14.2 Å². The van der Waals surface area contributed by atoms with Crippen LogP contribution in [0.2, 0.25) is 0 Å². The summed E-state index contributed by atoms with van der Waals surface area (Å²) in [6, 6.07) is 0. The van der Waals surface area contributed by atoms with Gasteiger partial charge in [0.15, 0.2) is 7.14 Å². The molecular formula is C6H9O3P. The van der Waals surface area contributed by atoms with E-state index in [0.29, 0.717) is 0 Å². The first-order valence-electron chi connectivity index (χ1n) is 3.11. The number of carbonyl (C=O) groups is 2. The van der Waals surface area contributed by atoms with Crippen LogP contribution in [0.25, 0.3) is 0 Å². The van der Waals surface area contributed by atoms with E-state index >= 15 is 0 Å². The molecule has 1 fully saturated rings. The second-order valence-corrected chi connectivity index (χ2v) is 6.04. The van der Waals surface area contributed by atoms with Crippen molar-refractivity contribution < 1.29 is 14.2 Å². The molecular weight excluding hydrogens is 151 g/mol. The molecule has 0 aromatic carbocycles. The summed E-state index contributed by atoms with van der Waals surface area (Å²) in [6.45, 7) is 3.08. The molecule has 1 rings (SSSR count). The summed E-state index contributed by atoms with van der Waals surface area (Å²) >= 11 is 0. The molecule has 1 aliphatic heterocycles. The fourth-order valence-corrected chi connectivity index (χ4v) is 2.48. The van der Waals surface area contributed by atoms with E-state index in [-0.39, 0.29) is 12.1 Å². The van der Waals surface area contributed by atoms with Gasteiger partial charge in [-0.2, -0.15) is 0 Å². The van der Waals surface area contributed by atoms with Crippen LogP contribution in [0.5, 0.6) is 0 Å². The lowest BCUT2D eigenvalue weighted by Gasteiger charge is -2.04. The zero-order valence-corrected chi connectivity index (χ0v) is 6.85. The Hall–Kier alpha value is -0.430. The highest BCUT2D eigenvalue weighted by molar-refractivity contribution is 7.83. The Morgan fingerprint density at radius 3 is 2.10 bits per heavy atom. The van der Waals surface area contributed by atoms with Crippen molar-refractivity contribution >= 4 is 18.4 Å². The number of ketones is 1. The maximum Gasteiger partial charge on any atom is 0.256 e. The normalized spacial score (nSPS) is 40.8. The van der Waals surface area contributed by atoms with Crippen LogP contribution in [0.1, 0.15) is 13.3 Å². The highest BCUT2D eigenvalue weighted by atomic mass is 31.2. The molecule has 56 valence electrons. The maximum atomic E-state index is 11.3. The largest absolute Gasteiger partial charge is 0.315 e. The number of rotatable bonds is 0. The van der Waals surface area contributed by atoms with Crippen molar-refractivity contribution in [2.45, 2.75) is 19.0 Å². The summed E-state index contributed by atoms with van der Waals surface area (Å²) < 4.78 is 11.3. The van der Waals surface area contributed by atoms with Crippen LogP contribution in [-0.2, 0) is 14.2 Å². The van der Waals surface area contributed by atoms with Gasteiger partial charge in [0.25, 0.3) is 5.52 Å². The lowest BCUT2D eigenvalue weighted by molar-refractivity contribution is -0.131. The van der Waals surface area contributed by atoms with Gasteiger partial charge < -0.3 is 4.57 Å². The van der Waals surface area contributed by atoms with Crippen molar-refractivity contribution in [2.75, 3.05) is 6.66 Å². The van der Waals surface area contributed by atoms with Crippen LogP contribution in [0, 0.1) is 0 Å². The molecule has 0 bridgehead atoms. The van der Waals surface area contributed by atoms with E-state index < -0.39 is 18.4 Å². The summed E-state index contributed by atoms with van der Waals surface area (Å²) in [5.74, 6) is -0.460. The summed E-state index contributed by atoms with van der Waals surface area (Å²) in [6.07, 6.45) is 0.173. The third kappa shape index (κ3) is 0.853. The number of carbonyl (C=O) groups excluding carboxylic acids is 2. The summed E-state index contributed by atoms with van der Waals surface area (Å²) in [7, 11) is -2.77. The summed E-state index contributed by atoms with van der Waals surface area (Å²) in [5.41, 5.74) is -0.868. The van der Waals surface area contributed by atoms with Gasteiger partial charge in [0, 0.05) is 12.1 Å². The summed E-state index contributed by atoms with van der Waals surface area (Å²) in [4.78, 5) is 21.5. The Bertz CT molecular complexity index is 243. The molecule has 1 heterocycles. The van der Waals surface area contributed by atoms with E-state index in [2.05, 4.69) is 0 Å². The average molecular weight is 160 g/mol. The maximum absolute atomic E-state index is 11.3. The van der Waals surface area contributed by atoms with Crippen molar-refractivity contribution in [2.24, 2.45) is 0 Å². The smallest absolute Gasteiger partial charge is 0.256 e. The second kappa shape index (κ2) is 2.03. The predicted octanol–water partition coefficient (Wildman–Crippen LogP) is 0.867. The molecule has 0 spiro atoms. The van der Waals surface area contributed by atoms with Gasteiger partial charge in [0.1, 0.15) is 0 Å². The standard InChI is InChI=1S/C6H9O3P/c1-4-3-5(7)6(8)10(4,2)9/h4H,3H2,1-2H3. The summed E-state index contributed by atoms with van der Waals surface area (Å²) in [5, 5.41) is 0.